The summed E-state index contributed by atoms with van der Waals surface area (Å²) in [5.74, 6) is -1.52. The van der Waals surface area contributed by atoms with Crippen LogP contribution >= 0.6 is 0 Å². The van der Waals surface area contributed by atoms with Crippen LogP contribution in [-0.4, -0.2) is 28.8 Å². The molecule has 0 aromatic heterocycles. The van der Waals surface area contributed by atoms with E-state index in [2.05, 4.69) is 0 Å². The summed E-state index contributed by atoms with van der Waals surface area (Å²) < 4.78 is 0. The third-order valence-corrected chi connectivity index (χ3v) is 2.37. The van der Waals surface area contributed by atoms with Crippen LogP contribution in [0.4, 0.5) is 0 Å². The number of benzene rings is 1. The van der Waals surface area contributed by atoms with Crippen molar-refractivity contribution in [3.05, 3.63) is 35.9 Å². The molecule has 4 heteroatoms. The van der Waals surface area contributed by atoms with Crippen molar-refractivity contribution in [2.45, 2.75) is 12.5 Å². The average molecular weight is 209 g/mol. The maximum Gasteiger partial charge on any atom is 0.320 e. The van der Waals surface area contributed by atoms with Crippen LogP contribution in [0.1, 0.15) is 5.56 Å². The molecule has 0 amide bonds. The SMILES string of the molecule is N[C@H](C(=O)O)C(CO)Cc1ccccc1. The largest absolute Gasteiger partial charge is 0.480 e. The van der Waals surface area contributed by atoms with Gasteiger partial charge in [-0.3, -0.25) is 4.79 Å². The van der Waals surface area contributed by atoms with Gasteiger partial charge in [-0.05, 0) is 12.0 Å². The molecule has 0 radical (unpaired) electrons. The lowest BCUT2D eigenvalue weighted by molar-refractivity contribution is -0.140. The van der Waals surface area contributed by atoms with Crippen LogP contribution in [0.2, 0.25) is 0 Å². The van der Waals surface area contributed by atoms with Crippen molar-refractivity contribution in [3.8, 4) is 0 Å². The van der Waals surface area contributed by atoms with E-state index in [0.717, 1.165) is 5.56 Å². The van der Waals surface area contributed by atoms with Gasteiger partial charge in [-0.2, -0.15) is 0 Å². The Morgan fingerprint density at radius 3 is 2.40 bits per heavy atom. The topological polar surface area (TPSA) is 83.6 Å². The zero-order valence-corrected chi connectivity index (χ0v) is 8.34. The number of carboxylic acid groups (broad SMARTS) is 1. The predicted octanol–water partition coefficient (Wildman–Crippen LogP) is 0.249. The molecule has 1 aromatic rings. The zero-order chi connectivity index (χ0) is 11.3. The molecular weight excluding hydrogens is 194 g/mol. The van der Waals surface area contributed by atoms with Gasteiger partial charge >= 0.3 is 5.97 Å². The lowest BCUT2D eigenvalue weighted by atomic mass is 9.93. The van der Waals surface area contributed by atoms with Crippen molar-refractivity contribution in [2.75, 3.05) is 6.61 Å². The van der Waals surface area contributed by atoms with Crippen LogP contribution in [-0.2, 0) is 11.2 Å². The Hall–Kier alpha value is -1.39. The highest BCUT2D eigenvalue weighted by Gasteiger charge is 2.23. The van der Waals surface area contributed by atoms with Crippen LogP contribution in [0.3, 0.4) is 0 Å². The Balaban J connectivity index is 2.66. The molecule has 1 rings (SSSR count). The van der Waals surface area contributed by atoms with E-state index in [1.807, 2.05) is 30.3 Å². The van der Waals surface area contributed by atoms with Crippen molar-refractivity contribution in [2.24, 2.45) is 11.7 Å². The first-order valence-corrected chi connectivity index (χ1v) is 4.78. The van der Waals surface area contributed by atoms with E-state index < -0.39 is 17.9 Å². The fraction of sp³-hybridized carbons (Fsp3) is 0.364. The molecule has 0 aliphatic carbocycles. The van der Waals surface area contributed by atoms with Crippen molar-refractivity contribution in [1.29, 1.82) is 0 Å². The number of hydrogen-bond donors (Lipinski definition) is 3. The molecule has 0 spiro atoms. The summed E-state index contributed by atoms with van der Waals surface area (Å²) in [6.07, 6.45) is 0.477. The lowest BCUT2D eigenvalue weighted by Crippen LogP contribution is -2.40. The molecule has 4 N–H and O–H groups in total. The Kier molecular flexibility index (Phi) is 4.27. The second kappa shape index (κ2) is 5.48. The fourth-order valence-electron chi connectivity index (χ4n) is 1.42. The van der Waals surface area contributed by atoms with Crippen molar-refractivity contribution < 1.29 is 15.0 Å². The van der Waals surface area contributed by atoms with Gasteiger partial charge in [-0.1, -0.05) is 30.3 Å². The maximum atomic E-state index is 10.7. The Morgan fingerprint density at radius 1 is 1.33 bits per heavy atom. The molecule has 1 aromatic carbocycles. The van der Waals surface area contributed by atoms with Crippen LogP contribution in [0.25, 0.3) is 0 Å². The molecule has 82 valence electrons. The first kappa shape index (κ1) is 11.7. The Morgan fingerprint density at radius 2 is 1.93 bits per heavy atom. The summed E-state index contributed by atoms with van der Waals surface area (Å²) in [5.41, 5.74) is 6.44. The van der Waals surface area contributed by atoms with Gasteiger partial charge in [-0.15, -0.1) is 0 Å². The van der Waals surface area contributed by atoms with E-state index in [0.29, 0.717) is 6.42 Å². The fourth-order valence-corrected chi connectivity index (χ4v) is 1.42. The van der Waals surface area contributed by atoms with E-state index in [4.69, 9.17) is 15.9 Å². The maximum absolute atomic E-state index is 10.7. The summed E-state index contributed by atoms with van der Waals surface area (Å²) >= 11 is 0. The third kappa shape index (κ3) is 3.34. The number of aliphatic carboxylic acids is 1. The molecule has 0 aliphatic heterocycles. The minimum atomic E-state index is -1.08. The first-order valence-electron chi connectivity index (χ1n) is 4.78. The number of rotatable bonds is 5. The molecule has 15 heavy (non-hydrogen) atoms. The van der Waals surface area contributed by atoms with Gasteiger partial charge in [0.1, 0.15) is 6.04 Å². The van der Waals surface area contributed by atoms with E-state index >= 15 is 0 Å². The van der Waals surface area contributed by atoms with Crippen molar-refractivity contribution >= 4 is 5.97 Å². The van der Waals surface area contributed by atoms with Gasteiger partial charge in [0.05, 0.1) is 0 Å². The highest BCUT2D eigenvalue weighted by atomic mass is 16.4. The molecule has 4 nitrogen and oxygen atoms in total. The number of nitrogens with two attached hydrogens (primary N) is 1. The van der Waals surface area contributed by atoms with Crippen LogP contribution in [0, 0.1) is 5.92 Å². The van der Waals surface area contributed by atoms with E-state index in [9.17, 15) is 4.79 Å². The van der Waals surface area contributed by atoms with E-state index in [-0.39, 0.29) is 6.61 Å². The lowest BCUT2D eigenvalue weighted by Gasteiger charge is -2.18. The molecule has 2 atom stereocenters. The normalized spacial score (nSPS) is 14.5. The molecule has 0 bridgehead atoms. The minimum Gasteiger partial charge on any atom is -0.480 e. The number of carbonyl (C=O) groups is 1. The Labute approximate surface area is 88.3 Å². The summed E-state index contributed by atoms with van der Waals surface area (Å²) in [6, 6.07) is 8.38. The van der Waals surface area contributed by atoms with Gasteiger partial charge < -0.3 is 15.9 Å². The highest BCUT2D eigenvalue weighted by molar-refractivity contribution is 5.73. The predicted molar refractivity (Wildman–Crippen MR) is 56.3 cm³/mol. The van der Waals surface area contributed by atoms with Gasteiger partial charge in [0.25, 0.3) is 0 Å². The molecule has 0 heterocycles. The van der Waals surface area contributed by atoms with Crippen LogP contribution in [0.15, 0.2) is 30.3 Å². The Bertz CT molecular complexity index is 313. The van der Waals surface area contributed by atoms with Crippen molar-refractivity contribution in [3.63, 3.8) is 0 Å². The smallest absolute Gasteiger partial charge is 0.320 e. The summed E-state index contributed by atoms with van der Waals surface area (Å²) in [6.45, 7) is -0.220. The summed E-state index contributed by atoms with van der Waals surface area (Å²) in [5, 5.41) is 17.8. The molecule has 0 aliphatic rings. The molecular formula is C11H15NO3. The zero-order valence-electron chi connectivity index (χ0n) is 8.34. The second-order valence-corrected chi connectivity index (χ2v) is 3.50. The van der Waals surface area contributed by atoms with Crippen LogP contribution in [0.5, 0.6) is 0 Å². The van der Waals surface area contributed by atoms with E-state index in [1.165, 1.54) is 0 Å². The average Bonchev–Trinajstić information content (AvgIpc) is 2.26. The number of hydrogen-bond acceptors (Lipinski definition) is 3. The van der Waals surface area contributed by atoms with Gasteiger partial charge in [0, 0.05) is 12.5 Å². The van der Waals surface area contributed by atoms with E-state index in [1.54, 1.807) is 0 Å². The van der Waals surface area contributed by atoms with Gasteiger partial charge in [0.15, 0.2) is 0 Å². The molecule has 0 fully saturated rings. The number of aliphatic hydroxyl groups is 1. The molecule has 1 unspecified atom stereocenters. The third-order valence-electron chi connectivity index (χ3n) is 2.37. The van der Waals surface area contributed by atoms with Crippen LogP contribution < -0.4 is 5.73 Å². The highest BCUT2D eigenvalue weighted by Crippen LogP contribution is 2.11. The minimum absolute atomic E-state index is 0.220. The molecule has 0 saturated heterocycles. The van der Waals surface area contributed by atoms with Gasteiger partial charge in [-0.25, -0.2) is 0 Å². The first-order chi connectivity index (χ1) is 7.15. The summed E-state index contributed by atoms with van der Waals surface area (Å²) in [4.78, 5) is 10.7. The number of carboxylic acids is 1. The second-order valence-electron chi connectivity index (χ2n) is 3.50. The standard InChI is InChI=1S/C11H15NO3/c12-10(11(14)15)9(7-13)6-8-4-2-1-3-5-8/h1-5,9-10,13H,6-7,12H2,(H,14,15)/t9?,10-/m0/s1. The summed E-state index contributed by atoms with van der Waals surface area (Å²) in [7, 11) is 0. The quantitative estimate of drug-likeness (QED) is 0.649. The monoisotopic (exact) mass is 209 g/mol. The van der Waals surface area contributed by atoms with Gasteiger partial charge in [0.2, 0.25) is 0 Å². The van der Waals surface area contributed by atoms with Crippen molar-refractivity contribution in [1.82, 2.24) is 0 Å². The number of aliphatic hydroxyl groups excluding tert-OH is 1. The molecule has 0 saturated carbocycles.